The van der Waals surface area contributed by atoms with Gasteiger partial charge in [0.1, 0.15) is 5.69 Å². The van der Waals surface area contributed by atoms with Gasteiger partial charge in [0.15, 0.2) is 0 Å². The summed E-state index contributed by atoms with van der Waals surface area (Å²) in [4.78, 5) is 18.1. The molecule has 0 saturated carbocycles. The zero-order valence-electron chi connectivity index (χ0n) is 12.0. The summed E-state index contributed by atoms with van der Waals surface area (Å²) >= 11 is 0. The van der Waals surface area contributed by atoms with Gasteiger partial charge in [-0.05, 0) is 18.6 Å². The van der Waals surface area contributed by atoms with Crippen LogP contribution in [0, 0.1) is 0 Å². The minimum atomic E-state index is -0.164. The molecular formula is C14H23N3O2. The highest BCUT2D eigenvalue weighted by atomic mass is 16.5. The number of amides is 1. The summed E-state index contributed by atoms with van der Waals surface area (Å²) in [6.07, 6.45) is 3.96. The van der Waals surface area contributed by atoms with E-state index in [2.05, 4.69) is 22.1 Å². The lowest BCUT2D eigenvalue weighted by molar-refractivity contribution is 0.0932. The number of aromatic nitrogens is 1. The van der Waals surface area contributed by atoms with E-state index in [0.717, 1.165) is 25.1 Å². The van der Waals surface area contributed by atoms with Gasteiger partial charge in [0.2, 0.25) is 0 Å². The molecule has 0 aliphatic heterocycles. The lowest BCUT2D eigenvalue weighted by atomic mass is 10.2. The summed E-state index contributed by atoms with van der Waals surface area (Å²) in [6.45, 7) is 4.13. The van der Waals surface area contributed by atoms with Crippen molar-refractivity contribution in [3.63, 3.8) is 0 Å². The van der Waals surface area contributed by atoms with Crippen LogP contribution in [0.1, 0.15) is 30.3 Å². The van der Waals surface area contributed by atoms with Crippen molar-refractivity contribution in [3.8, 4) is 0 Å². The predicted molar refractivity (Wildman–Crippen MR) is 76.6 cm³/mol. The number of methoxy groups -OCH3 is 1. The van der Waals surface area contributed by atoms with Gasteiger partial charge >= 0.3 is 0 Å². The van der Waals surface area contributed by atoms with Crippen molar-refractivity contribution in [3.05, 3.63) is 24.0 Å². The quantitative estimate of drug-likeness (QED) is 0.727. The van der Waals surface area contributed by atoms with Crippen molar-refractivity contribution < 1.29 is 9.53 Å². The van der Waals surface area contributed by atoms with Gasteiger partial charge in [0.05, 0.1) is 6.61 Å². The van der Waals surface area contributed by atoms with Crippen molar-refractivity contribution in [1.82, 2.24) is 10.3 Å². The van der Waals surface area contributed by atoms with E-state index in [9.17, 15) is 4.79 Å². The normalized spacial score (nSPS) is 10.3. The zero-order valence-corrected chi connectivity index (χ0v) is 12.0. The average Bonchev–Trinajstić information content (AvgIpc) is 2.45. The van der Waals surface area contributed by atoms with Crippen LogP contribution in [0.2, 0.25) is 0 Å². The van der Waals surface area contributed by atoms with Crippen LogP contribution in [0.25, 0.3) is 0 Å². The summed E-state index contributed by atoms with van der Waals surface area (Å²) in [5, 5.41) is 2.76. The number of carbonyl (C=O) groups excluding carboxylic acids is 1. The number of hydrogen-bond donors (Lipinski definition) is 1. The highest BCUT2D eigenvalue weighted by Crippen LogP contribution is 2.13. The Kier molecular flexibility index (Phi) is 6.89. The van der Waals surface area contributed by atoms with Gasteiger partial charge in [-0.15, -0.1) is 0 Å². The van der Waals surface area contributed by atoms with E-state index in [-0.39, 0.29) is 5.91 Å². The SMILES string of the molecule is CCCCN(C)c1ccnc(C(=O)NCCOC)c1. The number of unbranched alkanes of at least 4 members (excludes halogenated alkanes) is 1. The molecule has 0 spiro atoms. The predicted octanol–water partition coefficient (Wildman–Crippen LogP) is 1.69. The van der Waals surface area contributed by atoms with Crippen LogP contribution in [-0.4, -0.2) is 44.7 Å². The zero-order chi connectivity index (χ0) is 14.1. The number of ether oxygens (including phenoxy) is 1. The molecule has 0 aromatic carbocycles. The molecule has 0 radical (unpaired) electrons. The second kappa shape index (κ2) is 8.48. The fourth-order valence-electron chi connectivity index (χ4n) is 1.66. The molecule has 5 nitrogen and oxygen atoms in total. The van der Waals surface area contributed by atoms with E-state index in [0.29, 0.717) is 18.8 Å². The molecule has 106 valence electrons. The van der Waals surface area contributed by atoms with E-state index in [1.807, 2.05) is 19.2 Å². The summed E-state index contributed by atoms with van der Waals surface area (Å²) in [6, 6.07) is 3.74. The van der Waals surface area contributed by atoms with Gasteiger partial charge in [0, 0.05) is 39.1 Å². The Balaban J connectivity index is 2.62. The third-order valence-electron chi connectivity index (χ3n) is 2.86. The summed E-state index contributed by atoms with van der Waals surface area (Å²) < 4.78 is 4.89. The Labute approximate surface area is 115 Å². The molecule has 5 heteroatoms. The second-order valence-electron chi connectivity index (χ2n) is 4.42. The highest BCUT2D eigenvalue weighted by Gasteiger charge is 2.09. The lowest BCUT2D eigenvalue weighted by Gasteiger charge is -2.19. The number of hydrogen-bond acceptors (Lipinski definition) is 4. The van der Waals surface area contributed by atoms with Crippen LogP contribution < -0.4 is 10.2 Å². The Morgan fingerprint density at radius 1 is 1.53 bits per heavy atom. The summed E-state index contributed by atoms with van der Waals surface area (Å²) in [7, 11) is 3.63. The molecular weight excluding hydrogens is 242 g/mol. The number of nitrogens with one attached hydrogen (secondary N) is 1. The van der Waals surface area contributed by atoms with Crippen LogP contribution >= 0.6 is 0 Å². The van der Waals surface area contributed by atoms with E-state index in [1.54, 1.807) is 13.3 Å². The maximum Gasteiger partial charge on any atom is 0.270 e. The first-order chi connectivity index (χ1) is 9.19. The molecule has 0 saturated heterocycles. The standard InChI is InChI=1S/C14H23N3O2/c1-4-5-9-17(2)12-6-7-15-13(11-12)14(18)16-8-10-19-3/h6-7,11H,4-5,8-10H2,1-3H3,(H,16,18). The van der Waals surface area contributed by atoms with Crippen LogP contribution in [0.4, 0.5) is 5.69 Å². The molecule has 1 heterocycles. The van der Waals surface area contributed by atoms with Crippen molar-refractivity contribution >= 4 is 11.6 Å². The highest BCUT2D eigenvalue weighted by molar-refractivity contribution is 5.93. The number of pyridine rings is 1. The van der Waals surface area contributed by atoms with Gasteiger partial charge in [-0.25, -0.2) is 0 Å². The number of nitrogens with zero attached hydrogens (tertiary/aromatic N) is 2. The Bertz CT molecular complexity index is 396. The number of rotatable bonds is 8. The van der Waals surface area contributed by atoms with Crippen molar-refractivity contribution in [2.24, 2.45) is 0 Å². The minimum absolute atomic E-state index is 0.164. The molecule has 1 amide bonds. The van der Waals surface area contributed by atoms with Gasteiger partial charge < -0.3 is 15.0 Å². The topological polar surface area (TPSA) is 54.5 Å². The van der Waals surface area contributed by atoms with Crippen LogP contribution in [-0.2, 0) is 4.74 Å². The van der Waals surface area contributed by atoms with Crippen LogP contribution in [0.3, 0.4) is 0 Å². The third kappa shape index (κ3) is 5.26. The Hall–Kier alpha value is -1.62. The van der Waals surface area contributed by atoms with Gasteiger partial charge in [-0.2, -0.15) is 0 Å². The van der Waals surface area contributed by atoms with E-state index >= 15 is 0 Å². The molecule has 19 heavy (non-hydrogen) atoms. The van der Waals surface area contributed by atoms with Gasteiger partial charge in [-0.1, -0.05) is 13.3 Å². The van der Waals surface area contributed by atoms with E-state index < -0.39 is 0 Å². The Morgan fingerprint density at radius 2 is 2.32 bits per heavy atom. The molecule has 0 unspecified atom stereocenters. The summed E-state index contributed by atoms with van der Waals surface area (Å²) in [5.41, 5.74) is 1.46. The summed E-state index contributed by atoms with van der Waals surface area (Å²) in [5.74, 6) is -0.164. The maximum absolute atomic E-state index is 11.9. The number of anilines is 1. The molecule has 0 bridgehead atoms. The largest absolute Gasteiger partial charge is 0.383 e. The smallest absolute Gasteiger partial charge is 0.270 e. The fourth-order valence-corrected chi connectivity index (χ4v) is 1.66. The molecule has 0 aliphatic carbocycles. The first-order valence-corrected chi connectivity index (χ1v) is 6.63. The lowest BCUT2D eigenvalue weighted by Crippen LogP contribution is -2.28. The van der Waals surface area contributed by atoms with E-state index in [4.69, 9.17) is 4.74 Å². The van der Waals surface area contributed by atoms with Crippen molar-refractivity contribution in [1.29, 1.82) is 0 Å². The van der Waals surface area contributed by atoms with Crippen LogP contribution in [0.5, 0.6) is 0 Å². The van der Waals surface area contributed by atoms with E-state index in [1.165, 1.54) is 0 Å². The molecule has 1 aromatic heterocycles. The molecule has 1 rings (SSSR count). The second-order valence-corrected chi connectivity index (χ2v) is 4.42. The fraction of sp³-hybridized carbons (Fsp3) is 0.571. The monoisotopic (exact) mass is 265 g/mol. The van der Waals surface area contributed by atoms with Crippen LogP contribution in [0.15, 0.2) is 18.3 Å². The maximum atomic E-state index is 11.9. The molecule has 0 fully saturated rings. The van der Waals surface area contributed by atoms with Crippen molar-refractivity contribution in [2.75, 3.05) is 38.8 Å². The van der Waals surface area contributed by atoms with Crippen molar-refractivity contribution in [2.45, 2.75) is 19.8 Å². The molecule has 1 N–H and O–H groups in total. The first-order valence-electron chi connectivity index (χ1n) is 6.63. The Morgan fingerprint density at radius 3 is 3.00 bits per heavy atom. The average molecular weight is 265 g/mol. The van der Waals surface area contributed by atoms with Gasteiger partial charge in [-0.3, -0.25) is 9.78 Å². The molecule has 0 aliphatic rings. The first kappa shape index (κ1) is 15.4. The number of carbonyl (C=O) groups is 1. The third-order valence-corrected chi connectivity index (χ3v) is 2.86. The minimum Gasteiger partial charge on any atom is -0.383 e. The molecule has 1 aromatic rings. The molecule has 0 atom stereocenters. The van der Waals surface area contributed by atoms with Gasteiger partial charge in [0.25, 0.3) is 5.91 Å².